The summed E-state index contributed by atoms with van der Waals surface area (Å²) in [7, 11) is -3.38. The summed E-state index contributed by atoms with van der Waals surface area (Å²) in [4.78, 5) is 38.4. The molecule has 2 aromatic rings. The van der Waals surface area contributed by atoms with Crippen molar-refractivity contribution in [3.8, 4) is 0 Å². The number of thiophene rings is 1. The lowest BCUT2D eigenvalue weighted by Gasteiger charge is -2.14. The molecule has 1 N–H and O–H groups in total. The van der Waals surface area contributed by atoms with Crippen molar-refractivity contribution in [3.63, 3.8) is 0 Å². The first-order valence-electron chi connectivity index (χ1n) is 10.2. The first-order valence-corrected chi connectivity index (χ1v) is 12.9. The SMILES string of the molecule is CC(C)OC(=O)c1c(NC(=O)COC(=O)c2ccc(S(C)(=O)=O)cc2)sc2c1CCCC2. The van der Waals surface area contributed by atoms with E-state index in [1.165, 1.54) is 35.6 Å². The quantitative estimate of drug-likeness (QED) is 0.605. The van der Waals surface area contributed by atoms with Crippen LogP contribution in [0.5, 0.6) is 0 Å². The molecule has 1 heterocycles. The van der Waals surface area contributed by atoms with Crippen LogP contribution in [0.4, 0.5) is 5.00 Å². The lowest BCUT2D eigenvalue weighted by atomic mass is 9.95. The number of hydrogen-bond acceptors (Lipinski definition) is 8. The summed E-state index contributed by atoms with van der Waals surface area (Å²) >= 11 is 1.35. The molecule has 0 saturated carbocycles. The summed E-state index contributed by atoms with van der Waals surface area (Å²) in [6, 6.07) is 5.25. The molecular weight excluding hydrogens is 454 g/mol. The van der Waals surface area contributed by atoms with Crippen LogP contribution in [0.15, 0.2) is 29.2 Å². The van der Waals surface area contributed by atoms with Crippen LogP contribution in [0.3, 0.4) is 0 Å². The molecule has 1 aliphatic rings. The lowest BCUT2D eigenvalue weighted by Crippen LogP contribution is -2.22. The number of esters is 2. The Bertz CT molecular complexity index is 1130. The average Bonchev–Trinajstić information content (AvgIpc) is 3.08. The predicted octanol–water partition coefficient (Wildman–Crippen LogP) is 3.39. The predicted molar refractivity (Wildman–Crippen MR) is 120 cm³/mol. The van der Waals surface area contributed by atoms with Crippen molar-refractivity contribution in [2.45, 2.75) is 50.5 Å². The minimum atomic E-state index is -3.38. The number of amides is 1. The van der Waals surface area contributed by atoms with Crippen LogP contribution in [-0.4, -0.2) is 45.2 Å². The Morgan fingerprint density at radius 1 is 1.06 bits per heavy atom. The van der Waals surface area contributed by atoms with Crippen LogP contribution in [0.1, 0.15) is 57.8 Å². The summed E-state index contributed by atoms with van der Waals surface area (Å²) in [5, 5.41) is 3.08. The van der Waals surface area contributed by atoms with Gasteiger partial charge in [-0.05, 0) is 69.4 Å². The van der Waals surface area contributed by atoms with Gasteiger partial charge in [-0.1, -0.05) is 0 Å². The number of aryl methyl sites for hydroxylation is 1. The number of fused-ring (bicyclic) bond motifs is 1. The van der Waals surface area contributed by atoms with E-state index < -0.39 is 34.3 Å². The van der Waals surface area contributed by atoms with Crippen molar-refractivity contribution >= 4 is 44.0 Å². The van der Waals surface area contributed by atoms with Gasteiger partial charge in [0.25, 0.3) is 5.91 Å². The molecule has 0 bridgehead atoms. The van der Waals surface area contributed by atoms with Crippen molar-refractivity contribution in [2.75, 3.05) is 18.2 Å². The lowest BCUT2D eigenvalue weighted by molar-refractivity contribution is -0.119. The van der Waals surface area contributed by atoms with Crippen LogP contribution >= 0.6 is 11.3 Å². The molecule has 0 unspecified atom stereocenters. The summed E-state index contributed by atoms with van der Waals surface area (Å²) < 4.78 is 33.4. The molecule has 1 aromatic heterocycles. The third-order valence-electron chi connectivity index (χ3n) is 4.82. The number of carbonyl (C=O) groups excluding carboxylic acids is 3. The largest absolute Gasteiger partial charge is 0.459 e. The number of hydrogen-bond donors (Lipinski definition) is 1. The van der Waals surface area contributed by atoms with E-state index in [0.717, 1.165) is 42.4 Å². The number of carbonyl (C=O) groups is 3. The second-order valence-corrected chi connectivity index (χ2v) is 10.9. The van der Waals surface area contributed by atoms with E-state index in [1.807, 2.05) is 0 Å². The summed E-state index contributed by atoms with van der Waals surface area (Å²) in [5.41, 5.74) is 1.43. The molecule has 0 atom stereocenters. The zero-order valence-corrected chi connectivity index (χ0v) is 19.7. The van der Waals surface area contributed by atoms with E-state index in [0.29, 0.717) is 10.6 Å². The molecule has 172 valence electrons. The van der Waals surface area contributed by atoms with Crippen LogP contribution in [0.2, 0.25) is 0 Å². The smallest absolute Gasteiger partial charge is 0.341 e. The second-order valence-electron chi connectivity index (χ2n) is 7.79. The number of ether oxygens (including phenoxy) is 2. The van der Waals surface area contributed by atoms with Gasteiger partial charge in [-0.15, -0.1) is 11.3 Å². The van der Waals surface area contributed by atoms with Crippen molar-refractivity contribution < 1.29 is 32.3 Å². The van der Waals surface area contributed by atoms with E-state index in [-0.39, 0.29) is 16.6 Å². The molecule has 0 saturated heterocycles. The third kappa shape index (κ3) is 5.74. The molecule has 8 nitrogen and oxygen atoms in total. The van der Waals surface area contributed by atoms with Crippen LogP contribution in [0, 0.1) is 0 Å². The maximum absolute atomic E-state index is 12.6. The minimum Gasteiger partial charge on any atom is -0.459 e. The highest BCUT2D eigenvalue weighted by atomic mass is 32.2. The number of sulfone groups is 1. The third-order valence-corrected chi connectivity index (χ3v) is 7.16. The van der Waals surface area contributed by atoms with Crippen molar-refractivity contribution in [2.24, 2.45) is 0 Å². The van der Waals surface area contributed by atoms with Gasteiger partial charge in [-0.3, -0.25) is 4.79 Å². The Hall–Kier alpha value is -2.72. The van der Waals surface area contributed by atoms with Gasteiger partial charge in [-0.25, -0.2) is 18.0 Å². The molecule has 10 heteroatoms. The molecule has 0 aliphatic heterocycles. The maximum atomic E-state index is 12.6. The maximum Gasteiger partial charge on any atom is 0.341 e. The molecule has 0 radical (unpaired) electrons. The van der Waals surface area contributed by atoms with Crippen LogP contribution in [0.25, 0.3) is 0 Å². The number of nitrogens with one attached hydrogen (secondary N) is 1. The van der Waals surface area contributed by atoms with E-state index in [2.05, 4.69) is 5.32 Å². The van der Waals surface area contributed by atoms with Gasteiger partial charge in [0, 0.05) is 11.1 Å². The molecular formula is C22H25NO7S2. The summed E-state index contributed by atoms with van der Waals surface area (Å²) in [6.07, 6.45) is 4.36. The molecule has 1 aromatic carbocycles. The van der Waals surface area contributed by atoms with Gasteiger partial charge < -0.3 is 14.8 Å². The molecule has 1 aliphatic carbocycles. The number of anilines is 1. The fourth-order valence-corrected chi connectivity index (χ4v) is 5.28. The fraction of sp³-hybridized carbons (Fsp3) is 0.409. The highest BCUT2D eigenvalue weighted by molar-refractivity contribution is 7.90. The minimum absolute atomic E-state index is 0.0780. The van der Waals surface area contributed by atoms with Crippen molar-refractivity contribution in [3.05, 3.63) is 45.8 Å². The van der Waals surface area contributed by atoms with E-state index in [4.69, 9.17) is 9.47 Å². The van der Waals surface area contributed by atoms with E-state index in [1.54, 1.807) is 13.8 Å². The van der Waals surface area contributed by atoms with Crippen molar-refractivity contribution in [1.29, 1.82) is 0 Å². The van der Waals surface area contributed by atoms with Crippen molar-refractivity contribution in [1.82, 2.24) is 0 Å². The monoisotopic (exact) mass is 479 g/mol. The Balaban J connectivity index is 1.67. The van der Waals surface area contributed by atoms with Gasteiger partial charge in [0.2, 0.25) is 0 Å². The fourth-order valence-electron chi connectivity index (χ4n) is 3.36. The number of rotatable bonds is 7. The standard InChI is InChI=1S/C22H25NO7S2/c1-13(2)30-22(26)19-16-6-4-5-7-17(16)31-20(19)23-18(24)12-29-21(25)14-8-10-15(11-9-14)32(3,27)28/h8-11,13H,4-7,12H2,1-3H3,(H,23,24). The molecule has 1 amide bonds. The van der Waals surface area contributed by atoms with Gasteiger partial charge in [-0.2, -0.15) is 0 Å². The Morgan fingerprint density at radius 3 is 2.34 bits per heavy atom. The van der Waals surface area contributed by atoms with E-state index >= 15 is 0 Å². The first-order chi connectivity index (χ1) is 15.1. The summed E-state index contributed by atoms with van der Waals surface area (Å²) in [6.45, 7) is 2.97. The zero-order valence-electron chi connectivity index (χ0n) is 18.1. The van der Waals surface area contributed by atoms with Gasteiger partial charge >= 0.3 is 11.9 Å². The number of benzene rings is 1. The normalized spacial score (nSPS) is 13.4. The van der Waals surface area contributed by atoms with Gasteiger partial charge in [0.15, 0.2) is 16.4 Å². The highest BCUT2D eigenvalue weighted by Gasteiger charge is 2.28. The highest BCUT2D eigenvalue weighted by Crippen LogP contribution is 2.38. The topological polar surface area (TPSA) is 116 Å². The Labute approximate surface area is 190 Å². The molecule has 32 heavy (non-hydrogen) atoms. The molecule has 3 rings (SSSR count). The Morgan fingerprint density at radius 2 is 1.72 bits per heavy atom. The average molecular weight is 480 g/mol. The van der Waals surface area contributed by atoms with Gasteiger partial charge in [0.05, 0.1) is 22.1 Å². The second kappa shape index (κ2) is 9.83. The first kappa shape index (κ1) is 23.9. The van der Waals surface area contributed by atoms with Crippen LogP contribution in [-0.2, 0) is 36.9 Å². The Kier molecular flexibility index (Phi) is 7.35. The van der Waals surface area contributed by atoms with Crippen LogP contribution < -0.4 is 5.32 Å². The zero-order chi connectivity index (χ0) is 23.5. The summed E-state index contributed by atoms with van der Waals surface area (Å²) in [5.74, 6) is -1.81. The molecule has 0 fully saturated rings. The van der Waals surface area contributed by atoms with E-state index in [9.17, 15) is 22.8 Å². The molecule has 0 spiro atoms. The van der Waals surface area contributed by atoms with Gasteiger partial charge in [0.1, 0.15) is 5.00 Å².